The Labute approximate surface area is 167 Å². The van der Waals surface area contributed by atoms with Crippen molar-refractivity contribution in [1.82, 2.24) is 10.6 Å². The molecule has 2 amide bonds. The number of carboxylic acid groups (broad SMARTS) is 1. The molecule has 1 atom stereocenters. The van der Waals surface area contributed by atoms with Crippen LogP contribution in [0, 0.1) is 5.92 Å². The van der Waals surface area contributed by atoms with Crippen LogP contribution in [0.2, 0.25) is 5.02 Å². The van der Waals surface area contributed by atoms with Crippen molar-refractivity contribution in [3.8, 4) is 0 Å². The highest BCUT2D eigenvalue weighted by atomic mass is 35.5. The van der Waals surface area contributed by atoms with Crippen molar-refractivity contribution in [2.75, 3.05) is 0 Å². The zero-order valence-electron chi connectivity index (χ0n) is 15.4. The number of aliphatic carboxylic acids is 1. The van der Waals surface area contributed by atoms with Crippen molar-refractivity contribution < 1.29 is 23.9 Å². The molecule has 0 aliphatic carbocycles. The van der Waals surface area contributed by atoms with E-state index in [0.29, 0.717) is 10.6 Å². The Balaban J connectivity index is 2.28. The molecule has 28 heavy (non-hydrogen) atoms. The lowest BCUT2D eigenvalue weighted by Gasteiger charge is -2.22. The van der Waals surface area contributed by atoms with Gasteiger partial charge in [0.05, 0.1) is 18.3 Å². The first-order valence-corrected chi connectivity index (χ1v) is 8.98. The molecule has 7 nitrogen and oxygen atoms in total. The van der Waals surface area contributed by atoms with E-state index in [2.05, 4.69) is 10.6 Å². The number of carbonyl (C=O) groups is 3. The Morgan fingerprint density at radius 3 is 2.39 bits per heavy atom. The summed E-state index contributed by atoms with van der Waals surface area (Å²) in [7, 11) is 0. The number of carboxylic acids is 1. The lowest BCUT2D eigenvalue weighted by molar-refractivity contribution is -0.308. The number of hydrogen-bond acceptors (Lipinski definition) is 5. The van der Waals surface area contributed by atoms with Gasteiger partial charge < -0.3 is 25.0 Å². The van der Waals surface area contributed by atoms with Gasteiger partial charge in [0, 0.05) is 5.02 Å². The molecule has 2 N–H and O–H groups in total. The molecule has 0 spiro atoms. The van der Waals surface area contributed by atoms with Crippen LogP contribution < -0.4 is 15.7 Å². The Morgan fingerprint density at radius 1 is 1.18 bits per heavy atom. The predicted molar refractivity (Wildman–Crippen MR) is 102 cm³/mol. The topological polar surface area (TPSA) is 111 Å². The third-order valence-electron chi connectivity index (χ3n) is 3.72. The summed E-state index contributed by atoms with van der Waals surface area (Å²) in [5, 5.41) is 16.7. The number of carbonyl (C=O) groups excluding carboxylic acids is 3. The molecule has 1 heterocycles. The molecule has 148 valence electrons. The van der Waals surface area contributed by atoms with Crippen molar-refractivity contribution in [3.63, 3.8) is 0 Å². The van der Waals surface area contributed by atoms with Crippen LogP contribution in [0.4, 0.5) is 0 Å². The minimum Gasteiger partial charge on any atom is -0.548 e. The van der Waals surface area contributed by atoms with Crippen LogP contribution in [0.15, 0.2) is 52.8 Å². The van der Waals surface area contributed by atoms with Crippen molar-refractivity contribution >= 4 is 35.5 Å². The number of benzene rings is 1. The van der Waals surface area contributed by atoms with Gasteiger partial charge in [-0.15, -0.1) is 0 Å². The number of furan rings is 1. The molecule has 1 aromatic carbocycles. The maximum atomic E-state index is 12.7. The van der Waals surface area contributed by atoms with Gasteiger partial charge in [-0.1, -0.05) is 37.6 Å². The molecule has 8 heteroatoms. The smallest absolute Gasteiger partial charge is 0.291 e. The van der Waals surface area contributed by atoms with Gasteiger partial charge in [0.15, 0.2) is 5.76 Å². The minimum absolute atomic E-state index is 0.00781. The number of amides is 2. The quantitative estimate of drug-likeness (QED) is 0.654. The lowest BCUT2D eigenvalue weighted by atomic mass is 10.0. The van der Waals surface area contributed by atoms with Crippen LogP contribution in [-0.4, -0.2) is 23.8 Å². The number of hydrogen-bond donors (Lipinski definition) is 2. The van der Waals surface area contributed by atoms with E-state index in [1.54, 1.807) is 24.3 Å². The van der Waals surface area contributed by atoms with Crippen LogP contribution in [0.1, 0.15) is 36.4 Å². The maximum Gasteiger partial charge on any atom is 0.291 e. The van der Waals surface area contributed by atoms with E-state index in [0.717, 1.165) is 0 Å². The van der Waals surface area contributed by atoms with Crippen molar-refractivity contribution in [2.24, 2.45) is 5.92 Å². The molecule has 0 bridgehead atoms. The zero-order valence-corrected chi connectivity index (χ0v) is 16.2. The predicted octanol–water partition coefficient (Wildman–Crippen LogP) is 1.98. The van der Waals surface area contributed by atoms with Gasteiger partial charge >= 0.3 is 0 Å². The van der Waals surface area contributed by atoms with E-state index in [1.165, 1.54) is 24.5 Å². The Bertz CT molecular complexity index is 857. The van der Waals surface area contributed by atoms with Crippen LogP contribution in [0.25, 0.3) is 6.08 Å². The third-order valence-corrected chi connectivity index (χ3v) is 3.97. The van der Waals surface area contributed by atoms with E-state index in [-0.39, 0.29) is 23.8 Å². The number of rotatable bonds is 8. The second-order valence-corrected chi connectivity index (χ2v) is 6.95. The summed E-state index contributed by atoms with van der Waals surface area (Å²) in [6, 6.07) is 8.34. The van der Waals surface area contributed by atoms with Crippen molar-refractivity contribution in [3.05, 3.63) is 64.7 Å². The fraction of sp³-hybridized carbons (Fsp3) is 0.250. The van der Waals surface area contributed by atoms with Crippen molar-refractivity contribution in [1.29, 1.82) is 0 Å². The molecular formula is C20H20ClN2O5-. The first-order valence-electron chi connectivity index (χ1n) is 8.60. The van der Waals surface area contributed by atoms with E-state index < -0.39 is 23.8 Å². The summed E-state index contributed by atoms with van der Waals surface area (Å²) < 4.78 is 5.02. The summed E-state index contributed by atoms with van der Waals surface area (Å²) in [6.07, 6.45) is 2.93. The second kappa shape index (κ2) is 9.75. The first kappa shape index (κ1) is 21.2. The average molecular weight is 404 g/mol. The largest absolute Gasteiger partial charge is 0.548 e. The van der Waals surface area contributed by atoms with Gasteiger partial charge in [-0.05, 0) is 48.2 Å². The molecular weight excluding hydrogens is 384 g/mol. The summed E-state index contributed by atoms with van der Waals surface area (Å²) >= 11 is 5.86. The van der Waals surface area contributed by atoms with Gasteiger partial charge in [-0.3, -0.25) is 9.59 Å². The molecule has 0 fully saturated rings. The van der Waals surface area contributed by atoms with Gasteiger partial charge in [-0.2, -0.15) is 0 Å². The first-order chi connectivity index (χ1) is 13.3. The zero-order chi connectivity index (χ0) is 20.7. The lowest BCUT2D eigenvalue weighted by Crippen LogP contribution is -2.50. The van der Waals surface area contributed by atoms with E-state index in [9.17, 15) is 19.5 Å². The highest BCUT2D eigenvalue weighted by Crippen LogP contribution is 2.13. The molecule has 0 saturated heterocycles. The second-order valence-electron chi connectivity index (χ2n) is 6.52. The highest BCUT2D eigenvalue weighted by Gasteiger charge is 2.20. The van der Waals surface area contributed by atoms with E-state index in [4.69, 9.17) is 16.0 Å². The molecule has 2 aromatic rings. The SMILES string of the molecule is CC(C)C[C@@H](NC(=O)/C(=C\c1ccc(Cl)cc1)NC(=O)c1ccco1)C(=O)[O-]. The molecule has 1 aromatic heterocycles. The molecule has 2 rings (SSSR count). The Hall–Kier alpha value is -3.06. The molecule has 0 aliphatic heterocycles. The fourth-order valence-electron chi connectivity index (χ4n) is 2.40. The minimum atomic E-state index is -1.40. The molecule has 0 saturated carbocycles. The third kappa shape index (κ3) is 6.28. The van der Waals surface area contributed by atoms with Crippen molar-refractivity contribution in [2.45, 2.75) is 26.3 Å². The van der Waals surface area contributed by atoms with Crippen LogP contribution in [-0.2, 0) is 9.59 Å². The highest BCUT2D eigenvalue weighted by molar-refractivity contribution is 6.30. The monoisotopic (exact) mass is 403 g/mol. The van der Waals surface area contributed by atoms with E-state index in [1.807, 2.05) is 13.8 Å². The number of nitrogens with one attached hydrogen (secondary N) is 2. The molecule has 0 radical (unpaired) electrons. The Morgan fingerprint density at radius 2 is 1.86 bits per heavy atom. The number of halogens is 1. The van der Waals surface area contributed by atoms with Gasteiger partial charge in [-0.25, -0.2) is 0 Å². The average Bonchev–Trinajstić information content (AvgIpc) is 3.16. The van der Waals surface area contributed by atoms with Gasteiger partial charge in [0.2, 0.25) is 0 Å². The summed E-state index contributed by atoms with van der Waals surface area (Å²) in [6.45, 7) is 3.65. The maximum absolute atomic E-state index is 12.7. The standard InChI is InChI=1S/C20H21ClN2O5/c1-12(2)10-16(20(26)27)23-18(24)15(11-13-5-7-14(21)8-6-13)22-19(25)17-4-3-9-28-17/h3-9,11-12,16H,10H2,1-2H3,(H,22,25)(H,23,24)(H,26,27)/p-1/b15-11+/t16-/m1/s1. The van der Waals surface area contributed by atoms with Crippen LogP contribution >= 0.6 is 11.6 Å². The summed E-state index contributed by atoms with van der Waals surface area (Å²) in [5.41, 5.74) is 0.446. The molecule has 0 unspecified atom stereocenters. The van der Waals surface area contributed by atoms with E-state index >= 15 is 0 Å². The normalized spacial score (nSPS) is 12.5. The van der Waals surface area contributed by atoms with Gasteiger partial charge in [0.1, 0.15) is 5.70 Å². The fourth-order valence-corrected chi connectivity index (χ4v) is 2.52. The summed E-state index contributed by atoms with van der Waals surface area (Å²) in [5.74, 6) is -2.78. The molecule has 0 aliphatic rings. The van der Waals surface area contributed by atoms with Crippen LogP contribution in [0.3, 0.4) is 0 Å². The summed E-state index contributed by atoms with van der Waals surface area (Å²) in [4.78, 5) is 36.3. The van der Waals surface area contributed by atoms with Gasteiger partial charge in [0.25, 0.3) is 11.8 Å². The Kier molecular flexibility index (Phi) is 7.40. The van der Waals surface area contributed by atoms with Crippen LogP contribution in [0.5, 0.6) is 0 Å².